The van der Waals surface area contributed by atoms with Crippen LogP contribution in [-0.2, 0) is 0 Å². The van der Waals surface area contributed by atoms with Gasteiger partial charge in [0.1, 0.15) is 5.69 Å². The fourth-order valence-electron chi connectivity index (χ4n) is 3.36. The number of rotatable bonds is 6. The summed E-state index contributed by atoms with van der Waals surface area (Å²) in [5.74, 6) is -1.19. The van der Waals surface area contributed by atoms with Gasteiger partial charge in [-0.1, -0.05) is 48.5 Å². The van der Waals surface area contributed by atoms with E-state index in [1.165, 1.54) is 16.8 Å². The minimum Gasteiger partial charge on any atom is -0.372 e. The van der Waals surface area contributed by atoms with E-state index in [0.29, 0.717) is 17.2 Å². The summed E-state index contributed by atoms with van der Waals surface area (Å²) in [6.45, 7) is 0. The molecule has 176 valence electrons. The molecule has 3 aromatic carbocycles. The molecule has 0 bridgehead atoms. The van der Waals surface area contributed by atoms with E-state index in [2.05, 4.69) is 20.9 Å². The number of benzene rings is 3. The van der Waals surface area contributed by atoms with Gasteiger partial charge in [0.05, 0.1) is 10.6 Å². The molecule has 0 fully saturated rings. The molecule has 0 atom stereocenters. The van der Waals surface area contributed by atoms with Gasteiger partial charge < -0.3 is 4.90 Å². The number of hydrogen-bond acceptors (Lipinski definition) is 7. The Morgan fingerprint density at radius 2 is 1.54 bits per heavy atom. The number of aromatic nitrogens is 3. The monoisotopic (exact) mass is 471 g/mol. The molecule has 11 heteroatoms. The number of para-hydroxylation sites is 1. The second kappa shape index (κ2) is 9.83. The van der Waals surface area contributed by atoms with Crippen LogP contribution in [0.1, 0.15) is 21.0 Å². The van der Waals surface area contributed by atoms with Crippen molar-refractivity contribution in [3.8, 4) is 17.1 Å². The fraction of sp³-hybridized carbons (Fsp3) is 0.0833. The lowest BCUT2D eigenvalue weighted by Gasteiger charge is -2.13. The van der Waals surface area contributed by atoms with Crippen LogP contribution in [0, 0.1) is 10.1 Å². The summed E-state index contributed by atoms with van der Waals surface area (Å²) in [5, 5.41) is 15.7. The number of amides is 2. The Kier molecular flexibility index (Phi) is 6.49. The maximum absolute atomic E-state index is 12.7. The number of hydrogen-bond donors (Lipinski definition) is 2. The van der Waals surface area contributed by atoms with Gasteiger partial charge in [-0.2, -0.15) is 0 Å². The number of anilines is 1. The van der Waals surface area contributed by atoms with Crippen LogP contribution in [0.25, 0.3) is 17.1 Å². The Labute approximate surface area is 200 Å². The summed E-state index contributed by atoms with van der Waals surface area (Å²) in [7, 11) is 3.32. The van der Waals surface area contributed by atoms with E-state index in [9.17, 15) is 19.7 Å². The van der Waals surface area contributed by atoms with Gasteiger partial charge in [-0.05, 0) is 24.3 Å². The lowest BCUT2D eigenvalue weighted by Crippen LogP contribution is -2.42. The number of nitro groups is 1. The number of nitrogens with one attached hydrogen (secondary N) is 2. The van der Waals surface area contributed by atoms with E-state index in [1.807, 2.05) is 60.7 Å². The Morgan fingerprint density at radius 1 is 0.914 bits per heavy atom. The maximum atomic E-state index is 12.7. The lowest BCUT2D eigenvalue weighted by atomic mass is 10.1. The first-order valence-corrected chi connectivity index (χ1v) is 10.5. The highest BCUT2D eigenvalue weighted by molar-refractivity contribution is 5.98. The van der Waals surface area contributed by atoms with Gasteiger partial charge in [0.25, 0.3) is 11.6 Å². The molecule has 35 heavy (non-hydrogen) atoms. The van der Waals surface area contributed by atoms with Crippen LogP contribution in [-0.4, -0.2) is 45.6 Å². The predicted molar refractivity (Wildman–Crippen MR) is 129 cm³/mol. The molecule has 2 amide bonds. The van der Waals surface area contributed by atoms with Gasteiger partial charge in [0, 0.05) is 31.3 Å². The second-order valence-electron chi connectivity index (χ2n) is 7.64. The molecule has 0 saturated heterocycles. The standard InChI is InChI=1S/C24H21N7O4/c1-29(2)19-14-13-17(15-20(19)31(34)35)23(32)26-27-24(33)21-25-22(16-9-5-3-6-10-16)30(28-21)18-11-7-4-8-12-18/h3-15H,1-2H3,(H,26,32)(H,27,33). The minimum absolute atomic E-state index is 0.00958. The molecule has 0 radical (unpaired) electrons. The van der Waals surface area contributed by atoms with Gasteiger partial charge in [0.15, 0.2) is 5.82 Å². The van der Waals surface area contributed by atoms with Crippen LogP contribution in [0.5, 0.6) is 0 Å². The molecule has 0 saturated carbocycles. The summed E-state index contributed by atoms with van der Waals surface area (Å²) >= 11 is 0. The Bertz CT molecular complexity index is 1330. The predicted octanol–water partition coefficient (Wildman–Crippen LogP) is 2.98. The Morgan fingerprint density at radius 3 is 2.17 bits per heavy atom. The van der Waals surface area contributed by atoms with E-state index in [4.69, 9.17) is 0 Å². The first-order valence-electron chi connectivity index (χ1n) is 10.5. The van der Waals surface area contributed by atoms with Crippen LogP contribution in [0.15, 0.2) is 78.9 Å². The van der Waals surface area contributed by atoms with Crippen LogP contribution in [0.4, 0.5) is 11.4 Å². The van der Waals surface area contributed by atoms with Crippen molar-refractivity contribution < 1.29 is 14.5 Å². The number of carbonyl (C=O) groups excluding carboxylic acids is 2. The molecule has 0 aliphatic carbocycles. The average Bonchev–Trinajstić information content (AvgIpc) is 3.33. The van der Waals surface area contributed by atoms with E-state index >= 15 is 0 Å². The normalized spacial score (nSPS) is 10.5. The molecule has 0 unspecified atom stereocenters. The summed E-state index contributed by atoms with van der Waals surface area (Å²) in [5.41, 5.74) is 6.10. The molecule has 0 aliphatic rings. The summed E-state index contributed by atoms with van der Waals surface area (Å²) < 4.78 is 1.54. The molecule has 2 N–H and O–H groups in total. The van der Waals surface area contributed by atoms with Gasteiger partial charge in [-0.3, -0.25) is 30.6 Å². The highest BCUT2D eigenvalue weighted by Crippen LogP contribution is 2.27. The largest absolute Gasteiger partial charge is 0.372 e. The highest BCUT2D eigenvalue weighted by atomic mass is 16.6. The summed E-state index contributed by atoms with van der Waals surface area (Å²) in [6, 6.07) is 22.5. The first-order chi connectivity index (χ1) is 16.8. The van der Waals surface area contributed by atoms with Gasteiger partial charge >= 0.3 is 5.91 Å². The number of nitro benzene ring substituents is 1. The molecular weight excluding hydrogens is 450 g/mol. The highest BCUT2D eigenvalue weighted by Gasteiger charge is 2.21. The molecule has 1 aromatic heterocycles. The molecule has 0 spiro atoms. The van der Waals surface area contributed by atoms with Gasteiger partial charge in [-0.25, -0.2) is 9.67 Å². The summed E-state index contributed by atoms with van der Waals surface area (Å²) in [4.78, 5) is 42.0. The van der Waals surface area contributed by atoms with Crippen molar-refractivity contribution in [2.75, 3.05) is 19.0 Å². The number of carbonyl (C=O) groups is 2. The Balaban J connectivity index is 1.56. The zero-order valence-electron chi connectivity index (χ0n) is 18.9. The lowest BCUT2D eigenvalue weighted by molar-refractivity contribution is -0.384. The first kappa shape index (κ1) is 23.1. The van der Waals surface area contributed by atoms with Crippen LogP contribution >= 0.6 is 0 Å². The third kappa shape index (κ3) is 4.98. The SMILES string of the molecule is CN(C)c1ccc(C(=O)NNC(=O)c2nc(-c3ccccc3)n(-c3ccccc3)n2)cc1[N+](=O)[O-]. The van der Waals surface area contributed by atoms with Crippen LogP contribution in [0.2, 0.25) is 0 Å². The number of nitrogens with zero attached hydrogens (tertiary/aromatic N) is 5. The minimum atomic E-state index is -0.746. The topological polar surface area (TPSA) is 135 Å². The zero-order valence-corrected chi connectivity index (χ0v) is 18.9. The van der Waals surface area contributed by atoms with Crippen LogP contribution in [0.3, 0.4) is 0 Å². The van der Waals surface area contributed by atoms with E-state index < -0.39 is 16.7 Å². The summed E-state index contributed by atoms with van der Waals surface area (Å²) in [6.07, 6.45) is 0. The second-order valence-corrected chi connectivity index (χ2v) is 7.64. The molecule has 0 aliphatic heterocycles. The zero-order chi connectivity index (χ0) is 24.9. The van der Waals surface area contributed by atoms with Crippen LogP contribution < -0.4 is 15.8 Å². The van der Waals surface area contributed by atoms with E-state index in [-0.39, 0.29) is 17.1 Å². The smallest absolute Gasteiger partial charge is 0.309 e. The molecular formula is C24H21N7O4. The van der Waals surface area contributed by atoms with Crippen molar-refractivity contribution in [3.05, 3.63) is 100 Å². The van der Waals surface area contributed by atoms with Crippen molar-refractivity contribution in [2.45, 2.75) is 0 Å². The number of hydrazine groups is 1. The van der Waals surface area contributed by atoms with Crippen molar-refractivity contribution in [1.29, 1.82) is 0 Å². The van der Waals surface area contributed by atoms with Crippen molar-refractivity contribution >= 4 is 23.2 Å². The van der Waals surface area contributed by atoms with Crippen molar-refractivity contribution in [3.63, 3.8) is 0 Å². The molecule has 11 nitrogen and oxygen atoms in total. The average molecular weight is 471 g/mol. The Hall–Kier alpha value is -5.06. The molecule has 4 rings (SSSR count). The van der Waals surface area contributed by atoms with Crippen molar-refractivity contribution in [2.24, 2.45) is 0 Å². The quantitative estimate of drug-likeness (QED) is 0.326. The van der Waals surface area contributed by atoms with Gasteiger partial charge in [-0.15, -0.1) is 5.10 Å². The maximum Gasteiger partial charge on any atom is 0.309 e. The van der Waals surface area contributed by atoms with E-state index in [0.717, 1.165) is 11.6 Å². The molecule has 4 aromatic rings. The third-order valence-electron chi connectivity index (χ3n) is 5.05. The van der Waals surface area contributed by atoms with E-state index in [1.54, 1.807) is 19.0 Å². The fourth-order valence-corrected chi connectivity index (χ4v) is 3.36. The molecule has 1 heterocycles. The van der Waals surface area contributed by atoms with Crippen molar-refractivity contribution in [1.82, 2.24) is 25.6 Å². The van der Waals surface area contributed by atoms with Gasteiger partial charge in [0.2, 0.25) is 5.82 Å². The third-order valence-corrected chi connectivity index (χ3v) is 5.05.